The number of carbonyl (C=O) groups is 1. The Labute approximate surface area is 177 Å². The van der Waals surface area contributed by atoms with Crippen molar-refractivity contribution < 1.29 is 9.32 Å². The van der Waals surface area contributed by atoms with Crippen LogP contribution in [-0.2, 0) is 11.3 Å². The van der Waals surface area contributed by atoms with Crippen molar-refractivity contribution in [3.63, 3.8) is 0 Å². The number of nitrogens with one attached hydrogen (secondary N) is 1. The van der Waals surface area contributed by atoms with E-state index in [1.54, 1.807) is 23.7 Å². The molecule has 1 amide bonds. The lowest BCUT2D eigenvalue weighted by molar-refractivity contribution is -0.125. The molecule has 152 valence electrons. The van der Waals surface area contributed by atoms with Gasteiger partial charge in [0.1, 0.15) is 0 Å². The number of rotatable bonds is 5. The van der Waals surface area contributed by atoms with Crippen molar-refractivity contribution >= 4 is 32.6 Å². The van der Waals surface area contributed by atoms with Crippen LogP contribution in [-0.4, -0.2) is 39.1 Å². The number of pyridine rings is 1. The fraction of sp³-hybridized carbons (Fsp3) is 0.286. The second-order valence-electron chi connectivity index (χ2n) is 7.21. The Morgan fingerprint density at radius 2 is 2.07 bits per heavy atom. The first-order chi connectivity index (χ1) is 14.8. The van der Waals surface area contributed by atoms with Crippen molar-refractivity contribution in [2.24, 2.45) is 5.92 Å². The summed E-state index contributed by atoms with van der Waals surface area (Å²) in [6.07, 6.45) is 5.17. The molecule has 5 rings (SSSR count). The van der Waals surface area contributed by atoms with Gasteiger partial charge in [-0.15, -0.1) is 0 Å². The van der Waals surface area contributed by atoms with Gasteiger partial charge < -0.3 is 14.7 Å². The van der Waals surface area contributed by atoms with Gasteiger partial charge >= 0.3 is 0 Å². The Morgan fingerprint density at radius 3 is 2.93 bits per heavy atom. The van der Waals surface area contributed by atoms with E-state index in [0.717, 1.165) is 35.6 Å². The number of nitrogens with zero attached hydrogens (tertiary/aromatic N) is 5. The predicted octanol–water partition coefficient (Wildman–Crippen LogP) is 3.27. The van der Waals surface area contributed by atoms with E-state index in [4.69, 9.17) is 9.51 Å². The summed E-state index contributed by atoms with van der Waals surface area (Å²) in [5.41, 5.74) is 1.83. The Morgan fingerprint density at radius 1 is 1.20 bits per heavy atom. The monoisotopic (exact) mass is 420 g/mol. The van der Waals surface area contributed by atoms with Crippen LogP contribution in [0.15, 0.2) is 53.3 Å². The van der Waals surface area contributed by atoms with Crippen molar-refractivity contribution in [3.8, 4) is 11.4 Å². The van der Waals surface area contributed by atoms with Gasteiger partial charge in [0.05, 0.1) is 22.7 Å². The molecule has 9 heteroatoms. The highest BCUT2D eigenvalue weighted by Crippen LogP contribution is 2.31. The lowest BCUT2D eigenvalue weighted by Crippen LogP contribution is -2.43. The summed E-state index contributed by atoms with van der Waals surface area (Å²) in [5, 5.41) is 7.89. The average Bonchev–Trinajstić information content (AvgIpc) is 3.45. The van der Waals surface area contributed by atoms with Crippen LogP contribution in [0.1, 0.15) is 18.7 Å². The molecule has 1 aliphatic rings. The zero-order valence-corrected chi connectivity index (χ0v) is 17.0. The van der Waals surface area contributed by atoms with Gasteiger partial charge in [-0.25, -0.2) is 4.98 Å². The maximum Gasteiger partial charge on any atom is 0.246 e. The van der Waals surface area contributed by atoms with Gasteiger partial charge in [-0.05, 0) is 37.1 Å². The first-order valence-corrected chi connectivity index (χ1v) is 10.7. The van der Waals surface area contributed by atoms with Gasteiger partial charge in [0.2, 0.25) is 17.6 Å². The average molecular weight is 420 g/mol. The third-order valence-electron chi connectivity index (χ3n) is 5.17. The second kappa shape index (κ2) is 8.19. The van der Waals surface area contributed by atoms with Gasteiger partial charge in [0.25, 0.3) is 0 Å². The van der Waals surface area contributed by atoms with Crippen molar-refractivity contribution in [1.82, 2.24) is 25.4 Å². The second-order valence-corrected chi connectivity index (χ2v) is 8.22. The molecule has 30 heavy (non-hydrogen) atoms. The highest BCUT2D eigenvalue weighted by molar-refractivity contribution is 7.22. The number of para-hydroxylation sites is 1. The third kappa shape index (κ3) is 3.88. The minimum absolute atomic E-state index is 0.00414. The zero-order valence-electron chi connectivity index (χ0n) is 16.2. The molecule has 1 saturated heterocycles. The van der Waals surface area contributed by atoms with Crippen molar-refractivity contribution in [3.05, 3.63) is 54.7 Å². The topological polar surface area (TPSA) is 97.0 Å². The van der Waals surface area contributed by atoms with E-state index >= 15 is 0 Å². The highest BCUT2D eigenvalue weighted by atomic mass is 32.1. The molecular weight excluding hydrogens is 400 g/mol. The van der Waals surface area contributed by atoms with Crippen LogP contribution < -0.4 is 10.2 Å². The first-order valence-electron chi connectivity index (χ1n) is 9.87. The molecule has 1 aliphatic heterocycles. The molecule has 0 bridgehead atoms. The molecule has 4 aromatic rings. The molecule has 0 spiro atoms. The molecule has 0 radical (unpaired) electrons. The lowest BCUT2D eigenvalue weighted by atomic mass is 9.97. The Hall–Kier alpha value is -3.33. The summed E-state index contributed by atoms with van der Waals surface area (Å²) in [5.74, 6) is 0.785. The van der Waals surface area contributed by atoms with Crippen LogP contribution in [0.2, 0.25) is 0 Å². The number of benzene rings is 1. The standard InChI is InChI=1S/C21H20N6O2S/c28-20(23-12-18-25-19(26-29-18)14-7-9-22-10-8-14)15-4-3-11-27(13-15)21-24-16-5-1-2-6-17(16)30-21/h1-2,5-10,15H,3-4,11-13H2,(H,23,28). The number of anilines is 1. The number of fused-ring (bicyclic) bond motifs is 1. The summed E-state index contributed by atoms with van der Waals surface area (Å²) in [7, 11) is 0. The molecule has 1 unspecified atom stereocenters. The molecule has 1 N–H and O–H groups in total. The van der Waals surface area contributed by atoms with Crippen LogP contribution in [0, 0.1) is 5.92 Å². The molecule has 0 saturated carbocycles. The van der Waals surface area contributed by atoms with Crippen LogP contribution in [0.25, 0.3) is 21.6 Å². The quantitative estimate of drug-likeness (QED) is 0.529. The van der Waals surface area contributed by atoms with E-state index in [2.05, 4.69) is 31.4 Å². The lowest BCUT2D eigenvalue weighted by Gasteiger charge is -2.31. The van der Waals surface area contributed by atoms with E-state index in [0.29, 0.717) is 18.3 Å². The fourth-order valence-electron chi connectivity index (χ4n) is 3.61. The fourth-order valence-corrected chi connectivity index (χ4v) is 4.61. The van der Waals surface area contributed by atoms with Crippen LogP contribution >= 0.6 is 11.3 Å². The predicted molar refractivity (Wildman–Crippen MR) is 114 cm³/mol. The summed E-state index contributed by atoms with van der Waals surface area (Å²) in [6, 6.07) is 11.7. The van der Waals surface area contributed by atoms with E-state index in [-0.39, 0.29) is 18.4 Å². The van der Waals surface area contributed by atoms with Crippen molar-refractivity contribution in [1.29, 1.82) is 0 Å². The van der Waals surface area contributed by atoms with Crippen molar-refractivity contribution in [2.45, 2.75) is 19.4 Å². The van der Waals surface area contributed by atoms with Gasteiger partial charge in [0, 0.05) is 31.0 Å². The largest absolute Gasteiger partial charge is 0.347 e. The first kappa shape index (κ1) is 18.7. The van der Waals surface area contributed by atoms with E-state index in [1.165, 1.54) is 4.70 Å². The van der Waals surface area contributed by atoms with Crippen molar-refractivity contribution in [2.75, 3.05) is 18.0 Å². The SMILES string of the molecule is O=C(NCc1nc(-c2ccncc2)no1)C1CCCN(c2nc3ccccc3s2)C1. The van der Waals surface area contributed by atoms with Gasteiger partial charge in [-0.2, -0.15) is 4.98 Å². The van der Waals surface area contributed by atoms with Crippen LogP contribution in [0.3, 0.4) is 0 Å². The van der Waals surface area contributed by atoms with Gasteiger partial charge in [0.15, 0.2) is 5.13 Å². The number of amides is 1. The van der Waals surface area contributed by atoms with Crippen LogP contribution in [0.5, 0.6) is 0 Å². The maximum atomic E-state index is 12.7. The normalized spacial score (nSPS) is 16.7. The summed E-state index contributed by atoms with van der Waals surface area (Å²) in [4.78, 5) is 28.0. The number of hydrogen-bond donors (Lipinski definition) is 1. The zero-order chi connectivity index (χ0) is 20.3. The van der Waals surface area contributed by atoms with Gasteiger partial charge in [-0.1, -0.05) is 28.6 Å². The van der Waals surface area contributed by atoms with E-state index < -0.39 is 0 Å². The van der Waals surface area contributed by atoms with Crippen LogP contribution in [0.4, 0.5) is 5.13 Å². The molecule has 3 aromatic heterocycles. The molecule has 1 aromatic carbocycles. The number of carbonyl (C=O) groups excluding carboxylic acids is 1. The molecule has 8 nitrogen and oxygen atoms in total. The molecular formula is C21H20N6O2S. The van der Waals surface area contributed by atoms with E-state index in [9.17, 15) is 4.79 Å². The minimum Gasteiger partial charge on any atom is -0.347 e. The molecule has 4 heterocycles. The maximum absolute atomic E-state index is 12.7. The smallest absolute Gasteiger partial charge is 0.246 e. The Kier molecular flexibility index (Phi) is 5.10. The summed E-state index contributed by atoms with van der Waals surface area (Å²) < 4.78 is 6.43. The number of aromatic nitrogens is 4. The number of piperidine rings is 1. The summed E-state index contributed by atoms with van der Waals surface area (Å²) >= 11 is 1.67. The summed E-state index contributed by atoms with van der Waals surface area (Å²) in [6.45, 7) is 1.80. The molecule has 1 fully saturated rings. The van der Waals surface area contributed by atoms with E-state index in [1.807, 2.05) is 30.3 Å². The minimum atomic E-state index is -0.0895. The Bertz CT molecular complexity index is 1130. The highest BCUT2D eigenvalue weighted by Gasteiger charge is 2.27. The molecule has 0 aliphatic carbocycles. The molecule has 1 atom stereocenters. The Balaban J connectivity index is 1.20. The third-order valence-corrected chi connectivity index (χ3v) is 6.26. The number of hydrogen-bond acceptors (Lipinski definition) is 8. The van der Waals surface area contributed by atoms with Gasteiger partial charge in [-0.3, -0.25) is 9.78 Å². The number of thiazole rings is 1.